The summed E-state index contributed by atoms with van der Waals surface area (Å²) in [5, 5.41) is 9.49. The molecule has 1 saturated heterocycles. The monoisotopic (exact) mass is 399 g/mol. The number of benzene rings is 1. The average molecular weight is 400 g/mol. The van der Waals surface area contributed by atoms with Gasteiger partial charge in [-0.15, -0.1) is 11.3 Å². The molecule has 27 heavy (non-hydrogen) atoms. The molecule has 138 valence electrons. The zero-order valence-electron chi connectivity index (χ0n) is 14.5. The SMILES string of the molecule is O=C(Nc1cccnc1N1CCNCC1)c1csc(-c2ccc(Cl)cc2)n1. The van der Waals surface area contributed by atoms with Gasteiger partial charge in [0.05, 0.1) is 5.69 Å². The number of carbonyl (C=O) groups is 1. The maximum absolute atomic E-state index is 12.7. The first-order valence-electron chi connectivity index (χ1n) is 8.64. The minimum absolute atomic E-state index is 0.240. The standard InChI is InChI=1S/C19H18ClN5OS/c20-14-5-3-13(4-6-14)19-24-16(12-27-19)18(26)23-15-2-1-7-22-17(15)25-10-8-21-9-11-25/h1-7,12,21H,8-11H2,(H,23,26). The van der Waals surface area contributed by atoms with Crippen LogP contribution >= 0.6 is 22.9 Å². The maximum Gasteiger partial charge on any atom is 0.275 e. The molecule has 0 radical (unpaired) electrons. The van der Waals surface area contributed by atoms with Gasteiger partial charge in [-0.1, -0.05) is 23.7 Å². The number of aromatic nitrogens is 2. The molecule has 1 amide bonds. The summed E-state index contributed by atoms with van der Waals surface area (Å²) in [6.07, 6.45) is 1.74. The van der Waals surface area contributed by atoms with Gasteiger partial charge in [0.25, 0.3) is 5.91 Å². The zero-order valence-corrected chi connectivity index (χ0v) is 16.1. The average Bonchev–Trinajstić information content (AvgIpc) is 3.20. The second-order valence-corrected chi connectivity index (χ2v) is 7.41. The quantitative estimate of drug-likeness (QED) is 0.702. The van der Waals surface area contributed by atoms with Crippen molar-refractivity contribution in [1.29, 1.82) is 0 Å². The van der Waals surface area contributed by atoms with Crippen molar-refractivity contribution in [3.8, 4) is 10.6 Å². The number of rotatable bonds is 4. The normalized spacial score (nSPS) is 14.2. The predicted molar refractivity (Wildman–Crippen MR) is 110 cm³/mol. The zero-order chi connectivity index (χ0) is 18.6. The molecule has 1 aliphatic heterocycles. The van der Waals surface area contributed by atoms with Crippen molar-refractivity contribution in [3.05, 3.63) is 58.7 Å². The van der Waals surface area contributed by atoms with Gasteiger partial charge in [-0.05, 0) is 24.3 Å². The van der Waals surface area contributed by atoms with Gasteiger partial charge in [0.1, 0.15) is 10.7 Å². The Morgan fingerprint density at radius 1 is 1.19 bits per heavy atom. The summed E-state index contributed by atoms with van der Waals surface area (Å²) in [5.74, 6) is 0.552. The van der Waals surface area contributed by atoms with E-state index in [4.69, 9.17) is 11.6 Å². The number of amides is 1. The van der Waals surface area contributed by atoms with Crippen molar-refractivity contribution in [2.75, 3.05) is 36.4 Å². The van der Waals surface area contributed by atoms with E-state index in [2.05, 4.69) is 25.5 Å². The molecule has 1 aliphatic rings. The first kappa shape index (κ1) is 17.9. The van der Waals surface area contributed by atoms with Crippen LogP contribution in [0.2, 0.25) is 5.02 Å². The van der Waals surface area contributed by atoms with Crippen molar-refractivity contribution in [2.45, 2.75) is 0 Å². The van der Waals surface area contributed by atoms with Gasteiger partial charge < -0.3 is 15.5 Å². The Kier molecular flexibility index (Phi) is 5.33. The first-order chi connectivity index (χ1) is 13.2. The van der Waals surface area contributed by atoms with Crippen LogP contribution in [-0.2, 0) is 0 Å². The van der Waals surface area contributed by atoms with Crippen LogP contribution < -0.4 is 15.5 Å². The molecule has 0 unspecified atom stereocenters. The number of thiazole rings is 1. The van der Waals surface area contributed by atoms with Gasteiger partial charge in [0.15, 0.2) is 5.82 Å². The Hall–Kier alpha value is -2.48. The molecule has 3 aromatic rings. The van der Waals surface area contributed by atoms with Gasteiger partial charge in [0, 0.05) is 48.3 Å². The highest BCUT2D eigenvalue weighted by Crippen LogP contribution is 2.27. The van der Waals surface area contributed by atoms with Crippen LogP contribution in [0.3, 0.4) is 0 Å². The fourth-order valence-corrected chi connectivity index (χ4v) is 3.84. The molecule has 6 nitrogen and oxygen atoms in total. The third-order valence-electron chi connectivity index (χ3n) is 4.28. The number of piperazine rings is 1. The van der Waals surface area contributed by atoms with E-state index in [-0.39, 0.29) is 5.91 Å². The summed E-state index contributed by atoms with van der Waals surface area (Å²) in [6, 6.07) is 11.1. The van der Waals surface area contributed by atoms with Gasteiger partial charge >= 0.3 is 0 Å². The highest BCUT2D eigenvalue weighted by molar-refractivity contribution is 7.13. The van der Waals surface area contributed by atoms with Crippen LogP contribution in [0.1, 0.15) is 10.5 Å². The van der Waals surface area contributed by atoms with E-state index in [9.17, 15) is 4.79 Å². The van der Waals surface area contributed by atoms with E-state index in [0.29, 0.717) is 16.4 Å². The molecule has 1 fully saturated rings. The smallest absolute Gasteiger partial charge is 0.275 e. The predicted octanol–water partition coefficient (Wildman–Crippen LogP) is 3.52. The number of nitrogens with zero attached hydrogens (tertiary/aromatic N) is 3. The third-order valence-corrected chi connectivity index (χ3v) is 5.42. The van der Waals surface area contributed by atoms with E-state index < -0.39 is 0 Å². The molecule has 0 bridgehead atoms. The Morgan fingerprint density at radius 3 is 2.74 bits per heavy atom. The second kappa shape index (κ2) is 8.04. The Bertz CT molecular complexity index is 937. The molecule has 0 atom stereocenters. The molecule has 2 aromatic heterocycles. The van der Waals surface area contributed by atoms with Crippen molar-refractivity contribution in [3.63, 3.8) is 0 Å². The van der Waals surface area contributed by atoms with Crippen molar-refractivity contribution in [1.82, 2.24) is 15.3 Å². The lowest BCUT2D eigenvalue weighted by molar-refractivity contribution is 0.102. The van der Waals surface area contributed by atoms with E-state index in [0.717, 1.165) is 42.6 Å². The Morgan fingerprint density at radius 2 is 1.96 bits per heavy atom. The number of halogens is 1. The summed E-state index contributed by atoms with van der Waals surface area (Å²) < 4.78 is 0. The minimum atomic E-state index is -0.240. The number of pyridine rings is 1. The fourth-order valence-electron chi connectivity index (χ4n) is 2.91. The van der Waals surface area contributed by atoms with E-state index in [1.165, 1.54) is 11.3 Å². The summed E-state index contributed by atoms with van der Waals surface area (Å²) >= 11 is 7.36. The van der Waals surface area contributed by atoms with Crippen molar-refractivity contribution >= 4 is 40.4 Å². The van der Waals surface area contributed by atoms with E-state index in [1.54, 1.807) is 11.6 Å². The van der Waals surface area contributed by atoms with E-state index in [1.807, 2.05) is 36.4 Å². The summed E-state index contributed by atoms with van der Waals surface area (Å²) in [6.45, 7) is 3.52. The lowest BCUT2D eigenvalue weighted by Gasteiger charge is -2.29. The van der Waals surface area contributed by atoms with Crippen LogP contribution in [0.25, 0.3) is 10.6 Å². The first-order valence-corrected chi connectivity index (χ1v) is 9.90. The lowest BCUT2D eigenvalue weighted by Crippen LogP contribution is -2.44. The summed E-state index contributed by atoms with van der Waals surface area (Å²) in [4.78, 5) is 23.8. The van der Waals surface area contributed by atoms with Gasteiger partial charge in [-0.2, -0.15) is 0 Å². The molecule has 8 heteroatoms. The molecule has 2 N–H and O–H groups in total. The molecule has 3 heterocycles. The van der Waals surface area contributed by atoms with Crippen LogP contribution in [0.15, 0.2) is 48.0 Å². The highest BCUT2D eigenvalue weighted by Gasteiger charge is 2.18. The number of hydrogen-bond acceptors (Lipinski definition) is 6. The van der Waals surface area contributed by atoms with Crippen LogP contribution in [0.5, 0.6) is 0 Å². The molecule has 4 rings (SSSR count). The minimum Gasteiger partial charge on any atom is -0.352 e. The molecule has 0 saturated carbocycles. The molecule has 1 aromatic carbocycles. The van der Waals surface area contributed by atoms with Crippen LogP contribution in [0, 0.1) is 0 Å². The maximum atomic E-state index is 12.7. The molecular weight excluding hydrogens is 382 g/mol. The highest BCUT2D eigenvalue weighted by atomic mass is 35.5. The number of anilines is 2. The number of hydrogen-bond donors (Lipinski definition) is 2. The number of nitrogens with one attached hydrogen (secondary N) is 2. The van der Waals surface area contributed by atoms with Gasteiger partial charge in [0.2, 0.25) is 0 Å². The van der Waals surface area contributed by atoms with Crippen LogP contribution in [0.4, 0.5) is 11.5 Å². The largest absolute Gasteiger partial charge is 0.352 e. The van der Waals surface area contributed by atoms with Crippen molar-refractivity contribution in [2.24, 2.45) is 0 Å². The summed E-state index contributed by atoms with van der Waals surface area (Å²) in [5.41, 5.74) is 2.02. The summed E-state index contributed by atoms with van der Waals surface area (Å²) in [7, 11) is 0. The topological polar surface area (TPSA) is 70.2 Å². The fraction of sp³-hybridized carbons (Fsp3) is 0.211. The lowest BCUT2D eigenvalue weighted by atomic mass is 10.2. The Labute approximate surface area is 166 Å². The molecule has 0 aliphatic carbocycles. The number of carbonyl (C=O) groups excluding carboxylic acids is 1. The third kappa shape index (κ3) is 4.10. The Balaban J connectivity index is 1.52. The molecule has 0 spiro atoms. The van der Waals surface area contributed by atoms with E-state index >= 15 is 0 Å². The van der Waals surface area contributed by atoms with Crippen molar-refractivity contribution < 1.29 is 4.79 Å². The van der Waals surface area contributed by atoms with Crippen LogP contribution in [-0.4, -0.2) is 42.1 Å². The second-order valence-electron chi connectivity index (χ2n) is 6.11. The molecular formula is C19H18ClN5OS. The van der Waals surface area contributed by atoms with Gasteiger partial charge in [-0.3, -0.25) is 4.79 Å². The van der Waals surface area contributed by atoms with Gasteiger partial charge in [-0.25, -0.2) is 9.97 Å².